The highest BCUT2D eigenvalue weighted by molar-refractivity contribution is 6.37. The number of alkyl halides is 3. The number of carboxylic acids is 1. The minimum atomic E-state index is -4.87. The Kier molecular flexibility index (Phi) is 6.07. The number of nitrogens with zero attached hydrogens (tertiary/aromatic N) is 1. The maximum Gasteiger partial charge on any atom is 0.435 e. The maximum absolute atomic E-state index is 14.3. The Hall–Kier alpha value is -2.74. The van der Waals surface area contributed by atoms with Crippen LogP contribution in [0.2, 0.25) is 15.1 Å². The van der Waals surface area contributed by atoms with Gasteiger partial charge in [0.2, 0.25) is 0 Å². The van der Waals surface area contributed by atoms with E-state index in [0.29, 0.717) is 5.56 Å². The van der Waals surface area contributed by atoms with Crippen molar-refractivity contribution in [3.8, 4) is 11.1 Å². The molecule has 1 unspecified atom stereocenters. The second-order valence-corrected chi connectivity index (χ2v) is 8.56. The van der Waals surface area contributed by atoms with E-state index < -0.39 is 24.2 Å². The van der Waals surface area contributed by atoms with E-state index in [9.17, 15) is 23.1 Å². The molecule has 1 heterocycles. The van der Waals surface area contributed by atoms with E-state index in [0.717, 1.165) is 12.1 Å². The van der Waals surface area contributed by atoms with Crippen molar-refractivity contribution in [2.24, 2.45) is 5.16 Å². The van der Waals surface area contributed by atoms with Crippen molar-refractivity contribution in [3.05, 3.63) is 92.4 Å². The van der Waals surface area contributed by atoms with Crippen molar-refractivity contribution < 1.29 is 27.9 Å². The van der Waals surface area contributed by atoms with Gasteiger partial charge in [-0.25, -0.2) is 4.79 Å². The highest BCUT2D eigenvalue weighted by Gasteiger charge is 2.62. The van der Waals surface area contributed by atoms with Crippen LogP contribution >= 0.6 is 34.8 Å². The number of rotatable bonds is 4. The molecule has 1 atom stereocenters. The summed E-state index contributed by atoms with van der Waals surface area (Å²) in [4.78, 5) is 16.7. The van der Waals surface area contributed by atoms with E-state index in [-0.39, 0.29) is 43.0 Å². The smallest absolute Gasteiger partial charge is 0.435 e. The summed E-state index contributed by atoms with van der Waals surface area (Å²) in [5.74, 6) is -1.27. The zero-order chi connectivity index (χ0) is 24.0. The van der Waals surface area contributed by atoms with E-state index in [1.807, 2.05) is 0 Å². The third-order valence-corrected chi connectivity index (χ3v) is 6.09. The van der Waals surface area contributed by atoms with Gasteiger partial charge in [0.1, 0.15) is 0 Å². The molecule has 0 saturated heterocycles. The molecule has 1 aliphatic heterocycles. The van der Waals surface area contributed by atoms with Gasteiger partial charge in [-0.15, -0.1) is 0 Å². The molecule has 1 N–H and O–H groups in total. The van der Waals surface area contributed by atoms with Crippen LogP contribution in [0.4, 0.5) is 13.2 Å². The van der Waals surface area contributed by atoms with Gasteiger partial charge in [-0.2, -0.15) is 13.2 Å². The lowest BCUT2D eigenvalue weighted by molar-refractivity contribution is -0.275. The van der Waals surface area contributed by atoms with Crippen molar-refractivity contribution in [1.82, 2.24) is 0 Å². The molecule has 3 aromatic carbocycles. The summed E-state index contributed by atoms with van der Waals surface area (Å²) in [6.07, 6.45) is -5.57. The molecule has 3 aromatic rings. The van der Waals surface area contributed by atoms with Gasteiger partial charge in [0, 0.05) is 33.2 Å². The fraction of sp³-hybridized carbons (Fsp3) is 0.130. The van der Waals surface area contributed by atoms with Gasteiger partial charge in [-0.1, -0.05) is 76.4 Å². The van der Waals surface area contributed by atoms with Crippen LogP contribution in [0.3, 0.4) is 0 Å². The molecule has 0 aliphatic carbocycles. The predicted octanol–water partition coefficient (Wildman–Crippen LogP) is 7.59. The lowest BCUT2D eigenvalue weighted by Crippen LogP contribution is -2.42. The molecule has 0 fully saturated rings. The first-order valence-electron chi connectivity index (χ1n) is 9.43. The number of halogens is 6. The molecule has 170 valence electrons. The van der Waals surface area contributed by atoms with Crippen LogP contribution in [0, 0.1) is 0 Å². The molecule has 0 spiro atoms. The summed E-state index contributed by atoms with van der Waals surface area (Å²) in [5, 5.41) is 13.1. The summed E-state index contributed by atoms with van der Waals surface area (Å²) in [6, 6.07) is 14.6. The van der Waals surface area contributed by atoms with E-state index in [1.54, 1.807) is 30.3 Å². The number of aromatic carboxylic acids is 1. The van der Waals surface area contributed by atoms with Crippen molar-refractivity contribution in [1.29, 1.82) is 0 Å². The van der Waals surface area contributed by atoms with E-state index in [1.165, 1.54) is 18.2 Å². The van der Waals surface area contributed by atoms with Crippen molar-refractivity contribution in [2.75, 3.05) is 0 Å². The molecule has 0 aromatic heterocycles. The molecular weight excluding hydrogens is 502 g/mol. The number of benzene rings is 3. The molecule has 10 heteroatoms. The van der Waals surface area contributed by atoms with Gasteiger partial charge in [0.25, 0.3) is 5.60 Å². The first kappa shape index (κ1) is 23.4. The standard InChI is InChI=1S/C23H13Cl3F3NO3/c24-14-8-13(9-15(25)10-14)22(23(27,28)29)11-18(30-33-22)16-6-7-17(21(31)32)20(26)19(16)12-4-2-1-3-5-12/h1-10H,11H2,(H,31,32). The third kappa shape index (κ3) is 4.16. The number of carbonyl (C=O) groups is 1. The average molecular weight is 515 g/mol. The normalized spacial score (nSPS) is 18.1. The fourth-order valence-electron chi connectivity index (χ4n) is 3.70. The Morgan fingerprint density at radius 3 is 2.21 bits per heavy atom. The summed E-state index contributed by atoms with van der Waals surface area (Å²) >= 11 is 18.3. The second-order valence-electron chi connectivity index (χ2n) is 7.31. The highest BCUT2D eigenvalue weighted by Crippen LogP contribution is 2.50. The van der Waals surface area contributed by atoms with E-state index in [2.05, 4.69) is 5.16 Å². The Morgan fingerprint density at radius 1 is 1.00 bits per heavy atom. The van der Waals surface area contributed by atoms with Gasteiger partial charge in [-0.05, 0) is 29.8 Å². The van der Waals surface area contributed by atoms with Gasteiger partial charge in [0.05, 0.1) is 16.3 Å². The Bertz CT molecular complexity index is 1260. The second kappa shape index (κ2) is 8.56. The van der Waals surface area contributed by atoms with Crippen molar-refractivity contribution in [3.63, 3.8) is 0 Å². The van der Waals surface area contributed by atoms with Crippen LogP contribution in [-0.2, 0) is 10.4 Å². The minimum Gasteiger partial charge on any atom is -0.478 e. The van der Waals surface area contributed by atoms with Crippen LogP contribution in [0.1, 0.15) is 27.9 Å². The quantitative estimate of drug-likeness (QED) is 0.390. The molecule has 33 heavy (non-hydrogen) atoms. The fourth-order valence-corrected chi connectivity index (χ4v) is 4.58. The lowest BCUT2D eigenvalue weighted by Gasteiger charge is -2.29. The summed E-state index contributed by atoms with van der Waals surface area (Å²) in [5.41, 5.74) is -2.41. The van der Waals surface area contributed by atoms with Crippen molar-refractivity contribution in [2.45, 2.75) is 18.2 Å². The summed E-state index contributed by atoms with van der Waals surface area (Å²) in [6.45, 7) is 0. The molecule has 4 nitrogen and oxygen atoms in total. The highest BCUT2D eigenvalue weighted by atomic mass is 35.5. The third-order valence-electron chi connectivity index (χ3n) is 5.26. The van der Waals surface area contributed by atoms with Crippen LogP contribution in [0.15, 0.2) is 65.8 Å². The average Bonchev–Trinajstić information content (AvgIpc) is 3.20. The first-order valence-corrected chi connectivity index (χ1v) is 10.6. The molecule has 1 aliphatic rings. The van der Waals surface area contributed by atoms with E-state index in [4.69, 9.17) is 39.6 Å². The van der Waals surface area contributed by atoms with Gasteiger partial charge in [0.15, 0.2) is 0 Å². The molecule has 4 rings (SSSR count). The topological polar surface area (TPSA) is 58.9 Å². The first-order chi connectivity index (χ1) is 15.5. The number of hydrogen-bond donors (Lipinski definition) is 1. The minimum absolute atomic E-state index is 0.0111. The molecule has 0 saturated carbocycles. The van der Waals surface area contributed by atoms with Crippen molar-refractivity contribution >= 4 is 46.5 Å². The number of carboxylic acid groups (broad SMARTS) is 1. The van der Waals surface area contributed by atoms with Gasteiger partial charge < -0.3 is 9.94 Å². The molecular formula is C23H13Cl3F3NO3. The molecule has 0 amide bonds. The summed E-state index contributed by atoms with van der Waals surface area (Å²) in [7, 11) is 0. The predicted molar refractivity (Wildman–Crippen MR) is 120 cm³/mol. The van der Waals surface area contributed by atoms with E-state index >= 15 is 0 Å². The van der Waals surface area contributed by atoms with Crippen LogP contribution in [0.25, 0.3) is 11.1 Å². The number of oxime groups is 1. The van der Waals surface area contributed by atoms with Gasteiger partial charge >= 0.3 is 12.1 Å². The zero-order valence-corrected chi connectivity index (χ0v) is 18.7. The maximum atomic E-state index is 14.3. The van der Waals surface area contributed by atoms with Gasteiger partial charge in [-0.3, -0.25) is 0 Å². The molecule has 0 radical (unpaired) electrons. The largest absolute Gasteiger partial charge is 0.478 e. The molecule has 0 bridgehead atoms. The Balaban J connectivity index is 1.88. The SMILES string of the molecule is O=C(O)c1ccc(C2=NOC(c3cc(Cl)cc(Cl)c3)(C(F)(F)F)C2)c(-c2ccccc2)c1Cl. The van der Waals surface area contributed by atoms with Crippen LogP contribution in [-0.4, -0.2) is 23.0 Å². The number of hydrogen-bond acceptors (Lipinski definition) is 3. The van der Waals surface area contributed by atoms with Crippen LogP contribution in [0.5, 0.6) is 0 Å². The zero-order valence-electron chi connectivity index (χ0n) is 16.5. The lowest BCUT2D eigenvalue weighted by atomic mass is 9.84. The van der Waals surface area contributed by atoms with Crippen LogP contribution < -0.4 is 0 Å². The monoisotopic (exact) mass is 513 g/mol. The Labute approximate surface area is 201 Å². The summed E-state index contributed by atoms with van der Waals surface area (Å²) < 4.78 is 43.0. The Morgan fingerprint density at radius 2 is 1.64 bits per heavy atom.